The first kappa shape index (κ1) is 20.6. The third-order valence-electron chi connectivity index (χ3n) is 4.07. The molecule has 1 aliphatic carbocycles. The quantitative estimate of drug-likeness (QED) is 0.740. The molecule has 136 valence electrons. The van der Waals surface area contributed by atoms with E-state index in [0.717, 1.165) is 38.5 Å². The predicted octanol–water partition coefficient (Wildman–Crippen LogP) is 3.90. The molecule has 1 aromatic rings. The first-order valence-corrected chi connectivity index (χ1v) is 8.59. The summed E-state index contributed by atoms with van der Waals surface area (Å²) in [6.07, 6.45) is 5.36. The molecule has 1 aromatic carbocycles. The first-order chi connectivity index (χ1) is 11.1. The summed E-state index contributed by atoms with van der Waals surface area (Å²) in [4.78, 5) is 12.4. The van der Waals surface area contributed by atoms with Crippen molar-refractivity contribution in [1.82, 2.24) is 0 Å². The van der Waals surface area contributed by atoms with Crippen molar-refractivity contribution >= 4 is 24.0 Å². The van der Waals surface area contributed by atoms with Crippen molar-refractivity contribution in [3.8, 4) is 11.5 Å². The van der Waals surface area contributed by atoms with Gasteiger partial charge in [-0.15, -0.1) is 12.4 Å². The van der Waals surface area contributed by atoms with Crippen molar-refractivity contribution in [2.24, 2.45) is 5.73 Å². The number of benzene rings is 1. The zero-order chi connectivity index (χ0) is 16.7. The summed E-state index contributed by atoms with van der Waals surface area (Å²) in [5.41, 5.74) is 6.16. The maximum atomic E-state index is 12.4. The summed E-state index contributed by atoms with van der Waals surface area (Å²) in [7, 11) is 0. The molecule has 0 heterocycles. The van der Waals surface area contributed by atoms with Gasteiger partial charge in [-0.1, -0.05) is 26.7 Å². The van der Waals surface area contributed by atoms with Crippen molar-refractivity contribution < 1.29 is 14.3 Å². The largest absolute Gasteiger partial charge is 0.490 e. The highest BCUT2D eigenvalue weighted by atomic mass is 35.5. The molecule has 1 fully saturated rings. The number of anilines is 1. The van der Waals surface area contributed by atoms with Gasteiger partial charge in [-0.3, -0.25) is 4.79 Å². The van der Waals surface area contributed by atoms with Gasteiger partial charge in [0, 0.05) is 11.8 Å². The normalized spacial score (nSPS) is 15.5. The number of hydrogen-bond donors (Lipinski definition) is 2. The van der Waals surface area contributed by atoms with Gasteiger partial charge in [-0.05, 0) is 37.8 Å². The van der Waals surface area contributed by atoms with Gasteiger partial charge in [-0.25, -0.2) is 0 Å². The number of amides is 1. The van der Waals surface area contributed by atoms with Gasteiger partial charge in [0.1, 0.15) is 0 Å². The zero-order valence-electron chi connectivity index (χ0n) is 14.6. The van der Waals surface area contributed by atoms with Gasteiger partial charge in [0.15, 0.2) is 11.5 Å². The second-order valence-corrected chi connectivity index (χ2v) is 6.18. The average Bonchev–Trinajstić information content (AvgIpc) is 3.00. The highest BCUT2D eigenvalue weighted by molar-refractivity contribution is 5.98. The second kappa shape index (κ2) is 9.74. The van der Waals surface area contributed by atoms with Crippen LogP contribution in [0.4, 0.5) is 5.69 Å². The number of carbonyl (C=O) groups excluding carboxylic acids is 1. The minimum absolute atomic E-state index is 0. The Morgan fingerprint density at radius 3 is 2.29 bits per heavy atom. The van der Waals surface area contributed by atoms with Gasteiger partial charge in [0.25, 0.3) is 0 Å². The highest BCUT2D eigenvalue weighted by Crippen LogP contribution is 2.33. The van der Waals surface area contributed by atoms with Crippen molar-refractivity contribution in [3.05, 3.63) is 18.2 Å². The smallest absolute Gasteiger partial charge is 0.244 e. The second-order valence-electron chi connectivity index (χ2n) is 6.18. The number of ether oxygens (including phenoxy) is 2. The first-order valence-electron chi connectivity index (χ1n) is 8.59. The lowest BCUT2D eigenvalue weighted by Crippen LogP contribution is -2.48. The monoisotopic (exact) mass is 356 g/mol. The minimum atomic E-state index is -0.734. The van der Waals surface area contributed by atoms with Gasteiger partial charge >= 0.3 is 0 Å². The summed E-state index contributed by atoms with van der Waals surface area (Å²) in [6, 6.07) is 5.49. The van der Waals surface area contributed by atoms with E-state index < -0.39 is 5.54 Å². The number of nitrogens with one attached hydrogen (secondary N) is 1. The number of carbonyl (C=O) groups is 1. The average molecular weight is 357 g/mol. The number of rotatable bonds is 8. The van der Waals surface area contributed by atoms with Crippen LogP contribution in [0.1, 0.15) is 52.4 Å². The van der Waals surface area contributed by atoms with Crippen LogP contribution in [0.2, 0.25) is 0 Å². The molecule has 0 saturated heterocycles. The fourth-order valence-electron chi connectivity index (χ4n) is 2.73. The lowest BCUT2D eigenvalue weighted by molar-refractivity contribution is -0.121. The number of halogens is 1. The minimum Gasteiger partial charge on any atom is -0.490 e. The molecule has 0 spiro atoms. The van der Waals surface area contributed by atoms with Crippen LogP contribution in [-0.4, -0.2) is 24.7 Å². The molecule has 0 aliphatic heterocycles. The molecule has 0 radical (unpaired) electrons. The van der Waals surface area contributed by atoms with E-state index in [0.29, 0.717) is 30.4 Å². The maximum Gasteiger partial charge on any atom is 0.244 e. The van der Waals surface area contributed by atoms with Gasteiger partial charge in [-0.2, -0.15) is 0 Å². The van der Waals surface area contributed by atoms with Crippen LogP contribution in [0, 0.1) is 0 Å². The Balaban J connectivity index is 0.00000288. The molecule has 1 amide bonds. The summed E-state index contributed by atoms with van der Waals surface area (Å²) in [5, 5.41) is 2.93. The summed E-state index contributed by atoms with van der Waals surface area (Å²) < 4.78 is 11.4. The molecule has 0 unspecified atom stereocenters. The van der Waals surface area contributed by atoms with E-state index in [1.807, 2.05) is 18.2 Å². The van der Waals surface area contributed by atoms with E-state index >= 15 is 0 Å². The predicted molar refractivity (Wildman–Crippen MR) is 99.3 cm³/mol. The molecule has 1 saturated carbocycles. The lowest BCUT2D eigenvalue weighted by Gasteiger charge is -2.22. The zero-order valence-corrected chi connectivity index (χ0v) is 15.4. The Morgan fingerprint density at radius 1 is 1.12 bits per heavy atom. The summed E-state index contributed by atoms with van der Waals surface area (Å²) >= 11 is 0. The molecule has 0 bridgehead atoms. The molecule has 24 heavy (non-hydrogen) atoms. The van der Waals surface area contributed by atoms with Crippen molar-refractivity contribution in [2.75, 3.05) is 18.5 Å². The fraction of sp³-hybridized carbons (Fsp3) is 0.611. The molecule has 5 nitrogen and oxygen atoms in total. The molecule has 2 rings (SSSR count). The van der Waals surface area contributed by atoms with E-state index in [4.69, 9.17) is 15.2 Å². The van der Waals surface area contributed by atoms with Crippen molar-refractivity contribution in [3.63, 3.8) is 0 Å². The van der Waals surface area contributed by atoms with Crippen LogP contribution in [-0.2, 0) is 4.79 Å². The fourth-order valence-corrected chi connectivity index (χ4v) is 2.73. The van der Waals surface area contributed by atoms with E-state index in [1.165, 1.54) is 0 Å². The van der Waals surface area contributed by atoms with E-state index in [-0.39, 0.29) is 18.3 Å². The molecule has 3 N–H and O–H groups in total. The highest BCUT2D eigenvalue weighted by Gasteiger charge is 2.37. The Morgan fingerprint density at radius 2 is 1.71 bits per heavy atom. The van der Waals surface area contributed by atoms with Crippen LogP contribution in [0.25, 0.3) is 0 Å². The molecule has 0 aromatic heterocycles. The number of nitrogens with two attached hydrogens (primary N) is 1. The molecular formula is C18H29ClN2O3. The third-order valence-corrected chi connectivity index (χ3v) is 4.07. The Kier molecular flexibility index (Phi) is 8.36. The van der Waals surface area contributed by atoms with Crippen molar-refractivity contribution in [1.29, 1.82) is 0 Å². The molecule has 1 aliphatic rings. The van der Waals surface area contributed by atoms with Gasteiger partial charge in [0.2, 0.25) is 5.91 Å². The van der Waals surface area contributed by atoms with Crippen LogP contribution >= 0.6 is 12.4 Å². The van der Waals surface area contributed by atoms with E-state index in [2.05, 4.69) is 19.2 Å². The third kappa shape index (κ3) is 5.28. The Bertz CT molecular complexity index is 531. The molecule has 0 atom stereocenters. The Hall–Kier alpha value is -1.46. The van der Waals surface area contributed by atoms with Crippen molar-refractivity contribution in [2.45, 2.75) is 57.9 Å². The van der Waals surface area contributed by atoms with Gasteiger partial charge in [0.05, 0.1) is 18.8 Å². The Labute approximate surface area is 150 Å². The van der Waals surface area contributed by atoms with Crippen LogP contribution < -0.4 is 20.5 Å². The number of hydrogen-bond acceptors (Lipinski definition) is 4. The van der Waals surface area contributed by atoms with Crippen LogP contribution in [0.3, 0.4) is 0 Å². The SMILES string of the molecule is CCCOc1ccc(NC(=O)C2(N)CCCC2)cc1OCCC.Cl. The van der Waals surface area contributed by atoms with E-state index in [1.54, 1.807) is 0 Å². The lowest BCUT2D eigenvalue weighted by atomic mass is 9.98. The summed E-state index contributed by atoms with van der Waals surface area (Å²) in [6.45, 7) is 5.36. The topological polar surface area (TPSA) is 73.6 Å². The van der Waals surface area contributed by atoms with E-state index in [9.17, 15) is 4.79 Å². The molecule has 6 heteroatoms. The standard InChI is InChI=1S/C18H28N2O3.ClH/c1-3-11-22-15-8-7-14(13-16(15)23-12-4-2)20-17(21)18(19)9-5-6-10-18;/h7-8,13H,3-6,9-12,19H2,1-2H3,(H,20,21);1H. The molecular weight excluding hydrogens is 328 g/mol. The van der Waals surface area contributed by atoms with Crippen LogP contribution in [0.15, 0.2) is 18.2 Å². The van der Waals surface area contributed by atoms with Crippen LogP contribution in [0.5, 0.6) is 11.5 Å². The maximum absolute atomic E-state index is 12.4. The summed E-state index contributed by atoms with van der Waals surface area (Å²) in [5.74, 6) is 1.26. The van der Waals surface area contributed by atoms with Gasteiger partial charge < -0.3 is 20.5 Å².